The van der Waals surface area contributed by atoms with E-state index in [9.17, 15) is 0 Å². The molecule has 0 aromatic heterocycles. The lowest BCUT2D eigenvalue weighted by atomic mass is 10.1. The SMILES string of the molecule is CCOc1ccc(C(Br)c2ccccc2)cc1. The van der Waals surface area contributed by atoms with E-state index >= 15 is 0 Å². The summed E-state index contributed by atoms with van der Waals surface area (Å²) in [6.07, 6.45) is 0. The van der Waals surface area contributed by atoms with Gasteiger partial charge in [0.2, 0.25) is 0 Å². The predicted octanol–water partition coefficient (Wildman–Crippen LogP) is 4.57. The minimum atomic E-state index is 0.236. The summed E-state index contributed by atoms with van der Waals surface area (Å²) < 4.78 is 5.43. The van der Waals surface area contributed by atoms with Gasteiger partial charge in [-0.05, 0) is 30.2 Å². The van der Waals surface area contributed by atoms with Crippen LogP contribution in [-0.2, 0) is 0 Å². The lowest BCUT2D eigenvalue weighted by Gasteiger charge is -2.11. The summed E-state index contributed by atoms with van der Waals surface area (Å²) >= 11 is 3.72. The maximum atomic E-state index is 5.43. The van der Waals surface area contributed by atoms with Gasteiger partial charge >= 0.3 is 0 Å². The zero-order valence-corrected chi connectivity index (χ0v) is 11.4. The van der Waals surface area contributed by atoms with Crippen LogP contribution in [0.2, 0.25) is 0 Å². The van der Waals surface area contributed by atoms with Gasteiger partial charge < -0.3 is 4.74 Å². The lowest BCUT2D eigenvalue weighted by Crippen LogP contribution is -1.94. The Morgan fingerprint density at radius 2 is 1.53 bits per heavy atom. The van der Waals surface area contributed by atoms with Gasteiger partial charge in [0.15, 0.2) is 0 Å². The summed E-state index contributed by atoms with van der Waals surface area (Å²) in [7, 11) is 0. The summed E-state index contributed by atoms with van der Waals surface area (Å²) in [5.41, 5.74) is 2.50. The van der Waals surface area contributed by atoms with Crippen LogP contribution in [0.15, 0.2) is 54.6 Å². The first-order valence-corrected chi connectivity index (χ1v) is 6.64. The van der Waals surface area contributed by atoms with E-state index in [0.717, 1.165) is 5.75 Å². The first kappa shape index (κ1) is 12.2. The van der Waals surface area contributed by atoms with Crippen molar-refractivity contribution in [1.82, 2.24) is 0 Å². The summed E-state index contributed by atoms with van der Waals surface area (Å²) in [6, 6.07) is 18.6. The van der Waals surface area contributed by atoms with E-state index in [1.807, 2.05) is 25.1 Å². The Hall–Kier alpha value is -1.28. The fraction of sp³-hybridized carbons (Fsp3) is 0.200. The molecule has 1 unspecified atom stereocenters. The summed E-state index contributed by atoms with van der Waals surface area (Å²) in [6.45, 7) is 2.70. The molecule has 17 heavy (non-hydrogen) atoms. The summed E-state index contributed by atoms with van der Waals surface area (Å²) in [4.78, 5) is 0.236. The van der Waals surface area contributed by atoms with Crippen molar-refractivity contribution in [2.75, 3.05) is 6.61 Å². The highest BCUT2D eigenvalue weighted by molar-refractivity contribution is 9.09. The second-order valence-electron chi connectivity index (χ2n) is 3.78. The molecule has 2 heteroatoms. The number of hydrogen-bond donors (Lipinski definition) is 0. The number of benzene rings is 2. The van der Waals surface area contributed by atoms with Gasteiger partial charge in [-0.3, -0.25) is 0 Å². The highest BCUT2D eigenvalue weighted by atomic mass is 79.9. The lowest BCUT2D eigenvalue weighted by molar-refractivity contribution is 0.340. The molecule has 0 spiro atoms. The highest BCUT2D eigenvalue weighted by Gasteiger charge is 2.09. The number of hydrogen-bond acceptors (Lipinski definition) is 1. The third-order valence-electron chi connectivity index (χ3n) is 2.58. The van der Waals surface area contributed by atoms with Crippen LogP contribution in [0.4, 0.5) is 0 Å². The second-order valence-corrected chi connectivity index (χ2v) is 4.69. The van der Waals surface area contributed by atoms with Crippen molar-refractivity contribution < 1.29 is 4.74 Å². The van der Waals surface area contributed by atoms with Crippen LogP contribution in [0.5, 0.6) is 5.75 Å². The van der Waals surface area contributed by atoms with Crippen molar-refractivity contribution in [1.29, 1.82) is 0 Å². The van der Waals surface area contributed by atoms with Crippen molar-refractivity contribution in [3.05, 3.63) is 65.7 Å². The van der Waals surface area contributed by atoms with Gasteiger partial charge in [-0.25, -0.2) is 0 Å². The number of rotatable bonds is 4. The zero-order valence-electron chi connectivity index (χ0n) is 9.77. The molecule has 2 aromatic rings. The number of ether oxygens (including phenoxy) is 1. The van der Waals surface area contributed by atoms with Gasteiger partial charge in [0.25, 0.3) is 0 Å². The van der Waals surface area contributed by atoms with Gasteiger partial charge in [-0.15, -0.1) is 0 Å². The molecule has 1 nitrogen and oxygen atoms in total. The molecule has 0 saturated carbocycles. The standard InChI is InChI=1S/C15H15BrO/c1-2-17-14-10-8-13(9-11-14)15(16)12-6-4-3-5-7-12/h3-11,15H,2H2,1H3. The number of halogens is 1. The van der Waals surface area contributed by atoms with Crippen LogP contribution in [0.3, 0.4) is 0 Å². The van der Waals surface area contributed by atoms with Gasteiger partial charge in [-0.2, -0.15) is 0 Å². The molecule has 88 valence electrons. The van der Waals surface area contributed by atoms with E-state index in [1.165, 1.54) is 11.1 Å². The van der Waals surface area contributed by atoms with Crippen molar-refractivity contribution in [2.24, 2.45) is 0 Å². The highest BCUT2D eigenvalue weighted by Crippen LogP contribution is 2.31. The van der Waals surface area contributed by atoms with E-state index in [1.54, 1.807) is 0 Å². The zero-order chi connectivity index (χ0) is 12.1. The molecule has 0 aliphatic rings. The van der Waals surface area contributed by atoms with E-state index < -0.39 is 0 Å². The van der Waals surface area contributed by atoms with Crippen molar-refractivity contribution in [2.45, 2.75) is 11.8 Å². The average molecular weight is 291 g/mol. The Bertz CT molecular complexity index is 450. The smallest absolute Gasteiger partial charge is 0.119 e. The number of alkyl halides is 1. The molecule has 2 rings (SSSR count). The molecular formula is C15H15BrO. The van der Waals surface area contributed by atoms with Crippen molar-refractivity contribution in [3.63, 3.8) is 0 Å². The quantitative estimate of drug-likeness (QED) is 0.750. The molecule has 0 bridgehead atoms. The minimum Gasteiger partial charge on any atom is -0.494 e. The molecule has 0 aliphatic heterocycles. The van der Waals surface area contributed by atoms with Gasteiger partial charge in [0.05, 0.1) is 11.4 Å². The fourth-order valence-corrected chi connectivity index (χ4v) is 2.32. The Balaban J connectivity index is 2.17. The Kier molecular flexibility index (Phi) is 4.21. The van der Waals surface area contributed by atoms with Crippen LogP contribution in [0, 0.1) is 0 Å². The topological polar surface area (TPSA) is 9.23 Å². The van der Waals surface area contributed by atoms with Gasteiger partial charge in [-0.1, -0.05) is 58.4 Å². The van der Waals surface area contributed by atoms with E-state index in [2.05, 4.69) is 52.3 Å². The van der Waals surface area contributed by atoms with Crippen LogP contribution >= 0.6 is 15.9 Å². The Labute approximate surface area is 111 Å². The summed E-state index contributed by atoms with van der Waals surface area (Å²) in [5.74, 6) is 0.920. The molecule has 0 aliphatic carbocycles. The van der Waals surface area contributed by atoms with E-state index in [-0.39, 0.29) is 4.83 Å². The first-order chi connectivity index (χ1) is 8.31. The molecule has 0 radical (unpaired) electrons. The van der Waals surface area contributed by atoms with Crippen molar-refractivity contribution >= 4 is 15.9 Å². The fourth-order valence-electron chi connectivity index (χ4n) is 1.71. The van der Waals surface area contributed by atoms with Crippen LogP contribution in [-0.4, -0.2) is 6.61 Å². The minimum absolute atomic E-state index is 0.236. The van der Waals surface area contributed by atoms with Crippen LogP contribution in [0.25, 0.3) is 0 Å². The molecule has 0 N–H and O–H groups in total. The largest absolute Gasteiger partial charge is 0.494 e. The second kappa shape index (κ2) is 5.87. The molecule has 1 atom stereocenters. The third-order valence-corrected chi connectivity index (χ3v) is 3.63. The molecular weight excluding hydrogens is 276 g/mol. The molecule has 0 saturated heterocycles. The maximum absolute atomic E-state index is 5.43. The molecule has 0 heterocycles. The molecule has 0 fully saturated rings. The predicted molar refractivity (Wildman–Crippen MR) is 74.8 cm³/mol. The Morgan fingerprint density at radius 3 is 2.12 bits per heavy atom. The average Bonchev–Trinajstić information content (AvgIpc) is 2.40. The van der Waals surface area contributed by atoms with E-state index in [4.69, 9.17) is 4.74 Å². The van der Waals surface area contributed by atoms with Crippen LogP contribution in [0.1, 0.15) is 22.9 Å². The first-order valence-electron chi connectivity index (χ1n) is 5.73. The van der Waals surface area contributed by atoms with Crippen molar-refractivity contribution in [3.8, 4) is 5.75 Å². The van der Waals surface area contributed by atoms with Gasteiger partial charge in [0, 0.05) is 0 Å². The monoisotopic (exact) mass is 290 g/mol. The Morgan fingerprint density at radius 1 is 0.941 bits per heavy atom. The van der Waals surface area contributed by atoms with Gasteiger partial charge in [0.1, 0.15) is 5.75 Å². The van der Waals surface area contributed by atoms with E-state index in [0.29, 0.717) is 6.61 Å². The normalized spacial score (nSPS) is 12.1. The summed E-state index contributed by atoms with van der Waals surface area (Å²) in [5, 5.41) is 0. The molecule has 2 aromatic carbocycles. The third kappa shape index (κ3) is 3.10. The molecule has 0 amide bonds. The maximum Gasteiger partial charge on any atom is 0.119 e. The van der Waals surface area contributed by atoms with Crippen LogP contribution < -0.4 is 4.74 Å².